The van der Waals surface area contributed by atoms with Crippen molar-refractivity contribution >= 4 is 45.3 Å². The summed E-state index contributed by atoms with van der Waals surface area (Å²) in [5.41, 5.74) is 1.93. The zero-order valence-corrected chi connectivity index (χ0v) is 13.7. The third-order valence-electron chi connectivity index (χ3n) is 3.31. The van der Waals surface area contributed by atoms with E-state index in [2.05, 4.69) is 12.1 Å². The second-order valence-corrected chi connectivity index (χ2v) is 6.99. The molecule has 1 heterocycles. The van der Waals surface area contributed by atoms with Gasteiger partial charge in [-0.05, 0) is 18.2 Å². The summed E-state index contributed by atoms with van der Waals surface area (Å²) < 4.78 is 0. The molecule has 0 saturated heterocycles. The van der Waals surface area contributed by atoms with Crippen LogP contribution < -0.4 is 0 Å². The lowest BCUT2D eigenvalue weighted by atomic mass is 10.1. The van der Waals surface area contributed by atoms with E-state index in [0.717, 1.165) is 31.6 Å². The Balaban J connectivity index is 2.27. The Morgan fingerprint density at radius 3 is 2.36 bits per heavy atom. The Bertz CT molecular complexity index is 792. The van der Waals surface area contributed by atoms with E-state index in [9.17, 15) is 5.11 Å². The first kappa shape index (κ1) is 15.6. The smallest absolute Gasteiger partial charge is 0.0732 e. The Morgan fingerprint density at radius 2 is 1.55 bits per heavy atom. The van der Waals surface area contributed by atoms with Gasteiger partial charge in [0, 0.05) is 32.1 Å². The maximum absolute atomic E-state index is 9.21. The molecule has 0 amide bonds. The van der Waals surface area contributed by atoms with Gasteiger partial charge >= 0.3 is 0 Å². The van der Waals surface area contributed by atoms with Crippen LogP contribution in [0.15, 0.2) is 52.3 Å². The van der Waals surface area contributed by atoms with Gasteiger partial charge in [0.2, 0.25) is 0 Å². The van der Waals surface area contributed by atoms with Crippen molar-refractivity contribution in [2.45, 2.75) is 9.79 Å². The monoisotopic (exact) mass is 331 g/mol. The van der Waals surface area contributed by atoms with E-state index >= 15 is 0 Å². The van der Waals surface area contributed by atoms with Crippen LogP contribution in [0.1, 0.15) is 0 Å². The Hall–Kier alpha value is -1.27. The summed E-state index contributed by atoms with van der Waals surface area (Å²) in [6, 6.07) is 14.2. The molecule has 22 heavy (non-hydrogen) atoms. The molecule has 2 N–H and O–H groups in total. The fourth-order valence-corrected chi connectivity index (χ4v) is 4.33. The molecule has 0 unspecified atom stereocenters. The third kappa shape index (κ3) is 3.08. The minimum Gasteiger partial charge on any atom is -0.396 e. The van der Waals surface area contributed by atoms with Gasteiger partial charge in [0.05, 0.1) is 24.2 Å². The summed E-state index contributed by atoms with van der Waals surface area (Å²) in [5.74, 6) is 1.32. The minimum absolute atomic E-state index is 0.148. The maximum Gasteiger partial charge on any atom is 0.0732 e. The maximum atomic E-state index is 9.21. The van der Waals surface area contributed by atoms with Crippen molar-refractivity contribution < 1.29 is 10.2 Å². The summed E-state index contributed by atoms with van der Waals surface area (Å²) in [5, 5.41) is 20.6. The zero-order chi connectivity index (χ0) is 15.4. The molecule has 2 aromatic carbocycles. The lowest BCUT2D eigenvalue weighted by molar-refractivity contribution is 0.322. The van der Waals surface area contributed by atoms with E-state index in [1.54, 1.807) is 23.5 Å². The number of para-hydroxylation sites is 1. The third-order valence-corrected chi connectivity index (χ3v) is 5.44. The van der Waals surface area contributed by atoms with Crippen LogP contribution in [0.2, 0.25) is 0 Å². The van der Waals surface area contributed by atoms with E-state index in [4.69, 9.17) is 10.1 Å². The minimum atomic E-state index is 0.148. The highest BCUT2D eigenvalue weighted by molar-refractivity contribution is 8.00. The number of nitrogens with zero attached hydrogens (tertiary/aromatic N) is 1. The Kier molecular flexibility index (Phi) is 5.20. The molecule has 3 nitrogen and oxygen atoms in total. The van der Waals surface area contributed by atoms with Crippen LogP contribution in [0.5, 0.6) is 0 Å². The topological polar surface area (TPSA) is 53.4 Å². The van der Waals surface area contributed by atoms with Crippen molar-refractivity contribution in [2.75, 3.05) is 24.7 Å². The molecule has 0 atom stereocenters. The molecule has 0 saturated carbocycles. The van der Waals surface area contributed by atoms with Crippen molar-refractivity contribution in [3.05, 3.63) is 42.5 Å². The first-order chi connectivity index (χ1) is 10.8. The number of pyridine rings is 1. The molecule has 0 bridgehead atoms. The van der Waals surface area contributed by atoms with Crippen molar-refractivity contribution in [1.82, 2.24) is 4.98 Å². The number of aromatic nitrogens is 1. The summed E-state index contributed by atoms with van der Waals surface area (Å²) >= 11 is 3.30. The Labute approximate surface area is 137 Å². The summed E-state index contributed by atoms with van der Waals surface area (Å²) in [7, 11) is 0. The van der Waals surface area contributed by atoms with Crippen LogP contribution in [0.4, 0.5) is 0 Å². The van der Waals surface area contributed by atoms with Gasteiger partial charge in [-0.15, -0.1) is 23.5 Å². The number of hydrogen-bond acceptors (Lipinski definition) is 5. The number of fused-ring (bicyclic) bond motifs is 2. The fraction of sp³-hybridized carbons (Fsp3) is 0.235. The number of aliphatic hydroxyl groups is 2. The molecule has 0 radical (unpaired) electrons. The average molecular weight is 331 g/mol. The quantitative estimate of drug-likeness (QED) is 0.534. The second kappa shape index (κ2) is 7.33. The number of thioether (sulfide) groups is 2. The molecule has 1 aromatic heterocycles. The molecule has 0 aliphatic heterocycles. The molecule has 0 spiro atoms. The van der Waals surface area contributed by atoms with Crippen LogP contribution >= 0.6 is 23.5 Å². The van der Waals surface area contributed by atoms with Gasteiger partial charge in [-0.25, -0.2) is 4.98 Å². The fourth-order valence-electron chi connectivity index (χ4n) is 2.44. The van der Waals surface area contributed by atoms with Gasteiger partial charge in [0.15, 0.2) is 0 Å². The van der Waals surface area contributed by atoms with Gasteiger partial charge in [-0.1, -0.05) is 24.3 Å². The highest BCUT2D eigenvalue weighted by Crippen LogP contribution is 2.39. The second-order valence-electron chi connectivity index (χ2n) is 4.75. The highest BCUT2D eigenvalue weighted by atomic mass is 32.2. The van der Waals surface area contributed by atoms with Crippen molar-refractivity contribution in [3.63, 3.8) is 0 Å². The van der Waals surface area contributed by atoms with Crippen LogP contribution in [0, 0.1) is 0 Å². The molecule has 0 aliphatic carbocycles. The van der Waals surface area contributed by atoms with Gasteiger partial charge in [-0.3, -0.25) is 0 Å². The first-order valence-electron chi connectivity index (χ1n) is 7.14. The van der Waals surface area contributed by atoms with Gasteiger partial charge in [-0.2, -0.15) is 0 Å². The van der Waals surface area contributed by atoms with Crippen LogP contribution in [0.3, 0.4) is 0 Å². The molecular formula is C17H17NO2S2. The van der Waals surface area contributed by atoms with E-state index in [1.807, 2.05) is 30.3 Å². The van der Waals surface area contributed by atoms with E-state index in [0.29, 0.717) is 11.5 Å². The first-order valence-corrected chi connectivity index (χ1v) is 9.11. The largest absolute Gasteiger partial charge is 0.396 e. The SMILES string of the molecule is OCCSc1cccc2nc3ccccc3c(SCCO)c12. The zero-order valence-electron chi connectivity index (χ0n) is 12.0. The number of benzene rings is 2. The molecule has 3 rings (SSSR count). The molecule has 3 aromatic rings. The van der Waals surface area contributed by atoms with Crippen LogP contribution in [-0.2, 0) is 0 Å². The van der Waals surface area contributed by atoms with Gasteiger partial charge in [0.25, 0.3) is 0 Å². The molecular weight excluding hydrogens is 314 g/mol. The number of aliphatic hydroxyl groups excluding tert-OH is 2. The standard InChI is InChI=1S/C17H17NO2S2/c19-8-10-21-15-7-3-6-14-16(15)17(22-11-9-20)12-4-1-2-5-13(12)18-14/h1-7,19-20H,8-11H2. The number of hydrogen-bond donors (Lipinski definition) is 2. The molecule has 5 heteroatoms. The van der Waals surface area contributed by atoms with Crippen LogP contribution in [-0.4, -0.2) is 39.9 Å². The predicted molar refractivity (Wildman–Crippen MR) is 94.9 cm³/mol. The van der Waals surface area contributed by atoms with E-state index < -0.39 is 0 Å². The lowest BCUT2D eigenvalue weighted by Gasteiger charge is -2.13. The van der Waals surface area contributed by atoms with Crippen molar-refractivity contribution in [2.24, 2.45) is 0 Å². The summed E-state index contributed by atoms with van der Waals surface area (Å²) in [6.45, 7) is 0.302. The van der Waals surface area contributed by atoms with Crippen molar-refractivity contribution in [3.8, 4) is 0 Å². The Morgan fingerprint density at radius 1 is 0.818 bits per heavy atom. The summed E-state index contributed by atoms with van der Waals surface area (Å²) in [4.78, 5) is 7.06. The normalized spacial score (nSPS) is 11.4. The van der Waals surface area contributed by atoms with Gasteiger partial charge in [0.1, 0.15) is 0 Å². The van der Waals surface area contributed by atoms with Crippen molar-refractivity contribution in [1.29, 1.82) is 0 Å². The average Bonchev–Trinajstić information content (AvgIpc) is 2.56. The molecule has 0 fully saturated rings. The predicted octanol–water partition coefficient (Wildman–Crippen LogP) is 3.56. The van der Waals surface area contributed by atoms with E-state index in [1.165, 1.54) is 0 Å². The van der Waals surface area contributed by atoms with E-state index in [-0.39, 0.29) is 13.2 Å². The summed E-state index contributed by atoms with van der Waals surface area (Å²) in [6.07, 6.45) is 0. The number of rotatable bonds is 6. The van der Waals surface area contributed by atoms with Crippen LogP contribution in [0.25, 0.3) is 21.8 Å². The lowest BCUT2D eigenvalue weighted by Crippen LogP contribution is -1.93. The molecule has 0 aliphatic rings. The highest BCUT2D eigenvalue weighted by Gasteiger charge is 2.13. The molecule has 114 valence electrons. The van der Waals surface area contributed by atoms with Gasteiger partial charge < -0.3 is 10.2 Å².